The van der Waals surface area contributed by atoms with Gasteiger partial charge in [-0.05, 0) is 43.9 Å². The first kappa shape index (κ1) is 17.2. The molecule has 6 nitrogen and oxygen atoms in total. The molecule has 6 heteroatoms. The van der Waals surface area contributed by atoms with Crippen molar-refractivity contribution in [3.8, 4) is 0 Å². The predicted octanol–water partition coefficient (Wildman–Crippen LogP) is 1.52. The Balaban J connectivity index is 1.36. The first-order valence-corrected chi connectivity index (χ1v) is 8.99. The standard InChI is InChI=1S/C18H28N4O2/c1-15-14-22(12-13-24-15)18(23)20-17-5-10-21(11-6-17)9-4-16-2-7-19-8-3-16/h2-3,7-8,15,17H,4-6,9-14H2,1H3,(H,20,23). The van der Waals surface area contributed by atoms with E-state index < -0.39 is 0 Å². The van der Waals surface area contributed by atoms with Gasteiger partial charge in [-0.15, -0.1) is 0 Å². The van der Waals surface area contributed by atoms with E-state index in [2.05, 4.69) is 27.3 Å². The molecule has 0 radical (unpaired) electrons. The molecule has 1 aromatic rings. The molecule has 0 aromatic carbocycles. The number of ether oxygens (including phenoxy) is 1. The average molecular weight is 332 g/mol. The zero-order chi connectivity index (χ0) is 16.8. The summed E-state index contributed by atoms with van der Waals surface area (Å²) in [4.78, 5) is 20.8. The Morgan fingerprint density at radius 1 is 1.29 bits per heavy atom. The van der Waals surface area contributed by atoms with Crippen LogP contribution in [0, 0.1) is 0 Å². The Labute approximate surface area is 144 Å². The molecule has 1 N–H and O–H groups in total. The van der Waals surface area contributed by atoms with Crippen LogP contribution in [0.1, 0.15) is 25.3 Å². The lowest BCUT2D eigenvalue weighted by atomic mass is 10.0. The quantitative estimate of drug-likeness (QED) is 0.908. The van der Waals surface area contributed by atoms with Crippen LogP contribution in [-0.4, -0.2) is 72.3 Å². The highest BCUT2D eigenvalue weighted by Crippen LogP contribution is 2.13. The number of rotatable bonds is 4. The van der Waals surface area contributed by atoms with Gasteiger partial charge in [0.15, 0.2) is 0 Å². The predicted molar refractivity (Wildman–Crippen MR) is 92.9 cm³/mol. The molecule has 0 aliphatic carbocycles. The Kier molecular flexibility index (Phi) is 6.04. The number of likely N-dealkylation sites (tertiary alicyclic amines) is 1. The van der Waals surface area contributed by atoms with Gasteiger partial charge in [0, 0.05) is 51.2 Å². The molecule has 2 aliphatic rings. The van der Waals surface area contributed by atoms with Crippen molar-refractivity contribution in [2.45, 2.75) is 38.3 Å². The molecule has 2 amide bonds. The third-order valence-corrected chi connectivity index (χ3v) is 4.91. The van der Waals surface area contributed by atoms with E-state index in [-0.39, 0.29) is 12.1 Å². The maximum absolute atomic E-state index is 12.3. The van der Waals surface area contributed by atoms with Gasteiger partial charge in [-0.3, -0.25) is 4.98 Å². The number of carbonyl (C=O) groups excluding carboxylic acids is 1. The number of nitrogens with one attached hydrogen (secondary N) is 1. The van der Waals surface area contributed by atoms with Crippen LogP contribution in [0.2, 0.25) is 0 Å². The number of nitrogens with zero attached hydrogens (tertiary/aromatic N) is 3. The average Bonchev–Trinajstić information content (AvgIpc) is 2.62. The number of pyridine rings is 1. The Hall–Kier alpha value is -1.66. The van der Waals surface area contributed by atoms with Gasteiger partial charge in [0.2, 0.25) is 0 Å². The van der Waals surface area contributed by atoms with Gasteiger partial charge >= 0.3 is 6.03 Å². The third-order valence-electron chi connectivity index (χ3n) is 4.91. The molecule has 1 unspecified atom stereocenters. The zero-order valence-corrected chi connectivity index (χ0v) is 14.5. The fourth-order valence-electron chi connectivity index (χ4n) is 3.41. The molecule has 1 aromatic heterocycles. The summed E-state index contributed by atoms with van der Waals surface area (Å²) in [5, 5.41) is 3.20. The van der Waals surface area contributed by atoms with Crippen LogP contribution in [0.3, 0.4) is 0 Å². The van der Waals surface area contributed by atoms with Crippen LogP contribution in [0.4, 0.5) is 4.79 Å². The lowest BCUT2D eigenvalue weighted by Gasteiger charge is -2.35. The summed E-state index contributed by atoms with van der Waals surface area (Å²) in [5.74, 6) is 0. The topological polar surface area (TPSA) is 57.7 Å². The fraction of sp³-hybridized carbons (Fsp3) is 0.667. The molecule has 3 heterocycles. The molecule has 132 valence electrons. The van der Waals surface area contributed by atoms with Crippen molar-refractivity contribution in [2.75, 3.05) is 39.3 Å². The molecule has 1 atom stereocenters. The summed E-state index contributed by atoms with van der Waals surface area (Å²) in [6, 6.07) is 4.53. The lowest BCUT2D eigenvalue weighted by Crippen LogP contribution is -2.53. The van der Waals surface area contributed by atoms with Crippen molar-refractivity contribution >= 4 is 6.03 Å². The second-order valence-electron chi connectivity index (χ2n) is 6.80. The van der Waals surface area contributed by atoms with Crippen molar-refractivity contribution < 1.29 is 9.53 Å². The normalized spacial score (nSPS) is 23.2. The van der Waals surface area contributed by atoms with E-state index in [0.717, 1.165) is 38.9 Å². The summed E-state index contributed by atoms with van der Waals surface area (Å²) in [5.41, 5.74) is 1.34. The van der Waals surface area contributed by atoms with Gasteiger partial charge in [-0.25, -0.2) is 4.79 Å². The Morgan fingerprint density at radius 3 is 2.75 bits per heavy atom. The number of carbonyl (C=O) groups is 1. The minimum atomic E-state index is 0.0698. The van der Waals surface area contributed by atoms with Crippen molar-refractivity contribution in [1.82, 2.24) is 20.1 Å². The van der Waals surface area contributed by atoms with Gasteiger partial charge < -0.3 is 19.9 Å². The van der Waals surface area contributed by atoms with Crippen LogP contribution >= 0.6 is 0 Å². The first-order chi connectivity index (χ1) is 11.7. The first-order valence-electron chi connectivity index (χ1n) is 8.99. The molecular formula is C18H28N4O2. The molecule has 0 saturated carbocycles. The van der Waals surface area contributed by atoms with E-state index >= 15 is 0 Å². The van der Waals surface area contributed by atoms with E-state index in [1.165, 1.54) is 5.56 Å². The summed E-state index contributed by atoms with van der Waals surface area (Å²) in [7, 11) is 0. The van der Waals surface area contributed by atoms with Crippen molar-refractivity contribution in [1.29, 1.82) is 0 Å². The zero-order valence-electron chi connectivity index (χ0n) is 14.5. The van der Waals surface area contributed by atoms with Gasteiger partial charge in [-0.1, -0.05) is 0 Å². The van der Waals surface area contributed by atoms with E-state index in [9.17, 15) is 4.79 Å². The number of aromatic nitrogens is 1. The number of piperidine rings is 1. The van der Waals surface area contributed by atoms with Gasteiger partial charge in [0.1, 0.15) is 0 Å². The second-order valence-corrected chi connectivity index (χ2v) is 6.80. The Bertz CT molecular complexity index is 517. The van der Waals surface area contributed by atoms with Crippen molar-refractivity contribution in [3.63, 3.8) is 0 Å². The number of morpholine rings is 1. The summed E-state index contributed by atoms with van der Waals surface area (Å²) in [6.45, 7) is 7.22. The number of hydrogen-bond acceptors (Lipinski definition) is 4. The molecular weight excluding hydrogens is 304 g/mol. The Morgan fingerprint density at radius 2 is 2.04 bits per heavy atom. The van der Waals surface area contributed by atoms with Gasteiger partial charge in [-0.2, -0.15) is 0 Å². The number of hydrogen-bond donors (Lipinski definition) is 1. The molecule has 2 fully saturated rings. The van der Waals surface area contributed by atoms with Crippen LogP contribution in [0.25, 0.3) is 0 Å². The minimum Gasteiger partial charge on any atom is -0.375 e. The van der Waals surface area contributed by atoms with E-state index in [1.807, 2.05) is 24.2 Å². The van der Waals surface area contributed by atoms with Gasteiger partial charge in [0.25, 0.3) is 0 Å². The summed E-state index contributed by atoms with van der Waals surface area (Å²) < 4.78 is 5.49. The largest absolute Gasteiger partial charge is 0.375 e. The SMILES string of the molecule is CC1CN(C(=O)NC2CCN(CCc3ccncc3)CC2)CCO1. The maximum atomic E-state index is 12.3. The monoisotopic (exact) mass is 332 g/mol. The fourth-order valence-corrected chi connectivity index (χ4v) is 3.41. The van der Waals surface area contributed by atoms with E-state index in [0.29, 0.717) is 25.7 Å². The number of amides is 2. The van der Waals surface area contributed by atoms with E-state index in [4.69, 9.17) is 4.74 Å². The minimum absolute atomic E-state index is 0.0698. The molecule has 0 bridgehead atoms. The number of urea groups is 1. The highest BCUT2D eigenvalue weighted by Gasteiger charge is 2.25. The van der Waals surface area contributed by atoms with Crippen molar-refractivity contribution in [2.24, 2.45) is 0 Å². The van der Waals surface area contributed by atoms with Crippen molar-refractivity contribution in [3.05, 3.63) is 30.1 Å². The molecule has 2 aliphatic heterocycles. The van der Waals surface area contributed by atoms with Gasteiger partial charge in [0.05, 0.1) is 12.7 Å². The molecule has 24 heavy (non-hydrogen) atoms. The summed E-state index contributed by atoms with van der Waals surface area (Å²) >= 11 is 0. The molecule has 3 rings (SSSR count). The van der Waals surface area contributed by atoms with Crippen LogP contribution in [0.5, 0.6) is 0 Å². The molecule has 0 spiro atoms. The van der Waals surface area contributed by atoms with E-state index in [1.54, 1.807) is 0 Å². The maximum Gasteiger partial charge on any atom is 0.317 e. The highest BCUT2D eigenvalue weighted by molar-refractivity contribution is 5.74. The molecule has 2 saturated heterocycles. The van der Waals surface area contributed by atoms with Crippen LogP contribution < -0.4 is 5.32 Å². The smallest absolute Gasteiger partial charge is 0.317 e. The highest BCUT2D eigenvalue weighted by atomic mass is 16.5. The third kappa shape index (κ3) is 4.92. The van der Waals surface area contributed by atoms with Crippen LogP contribution in [0.15, 0.2) is 24.5 Å². The lowest BCUT2D eigenvalue weighted by molar-refractivity contribution is -0.00418. The van der Waals surface area contributed by atoms with Crippen LogP contribution in [-0.2, 0) is 11.2 Å². The second kappa shape index (κ2) is 8.44. The summed E-state index contributed by atoms with van der Waals surface area (Å²) in [6.07, 6.45) is 6.96.